The van der Waals surface area contributed by atoms with Crippen LogP contribution in [0.25, 0.3) is 0 Å². The first-order valence-electron chi connectivity index (χ1n) is 4.76. The van der Waals surface area contributed by atoms with Crippen molar-refractivity contribution in [3.63, 3.8) is 0 Å². The molecule has 0 aliphatic heterocycles. The highest BCUT2D eigenvalue weighted by atomic mass is 79.9. The topological polar surface area (TPSA) is 38.3 Å². The first-order chi connectivity index (χ1) is 7.09. The molecule has 1 aromatic rings. The molecule has 0 saturated heterocycles. The lowest BCUT2D eigenvalue weighted by atomic mass is 10.3. The molecule has 0 unspecified atom stereocenters. The second kappa shape index (κ2) is 5.75. The molecule has 1 aromatic carbocycles. The van der Waals surface area contributed by atoms with E-state index < -0.39 is 0 Å². The van der Waals surface area contributed by atoms with Crippen molar-refractivity contribution >= 4 is 21.8 Å². The average Bonchev–Trinajstić information content (AvgIpc) is 2.15. The molecule has 0 saturated carbocycles. The Balaban J connectivity index is 2.44. The Kier molecular flexibility index (Phi) is 4.62. The number of carbonyl (C=O) groups excluding carboxylic acids is 1. The minimum absolute atomic E-state index is 0.0425. The minimum atomic E-state index is -0.110. The fourth-order valence-corrected chi connectivity index (χ4v) is 1.47. The summed E-state index contributed by atoms with van der Waals surface area (Å²) in [5.41, 5.74) is 0. The lowest BCUT2D eigenvalue weighted by Crippen LogP contribution is -2.34. The first kappa shape index (κ1) is 12.0. The van der Waals surface area contributed by atoms with Gasteiger partial charge in [0.15, 0.2) is 6.61 Å². The van der Waals surface area contributed by atoms with Crippen LogP contribution in [0.5, 0.6) is 5.75 Å². The molecule has 1 N–H and O–H groups in total. The van der Waals surface area contributed by atoms with Crippen LogP contribution in [0.3, 0.4) is 0 Å². The molecule has 0 aliphatic carbocycles. The number of amides is 1. The van der Waals surface area contributed by atoms with Gasteiger partial charge in [-0.2, -0.15) is 0 Å². The number of carbonyl (C=O) groups is 1. The van der Waals surface area contributed by atoms with Gasteiger partial charge in [-0.05, 0) is 41.9 Å². The quantitative estimate of drug-likeness (QED) is 0.913. The number of para-hydroxylation sites is 1. The fraction of sp³-hybridized carbons (Fsp3) is 0.364. The lowest BCUT2D eigenvalue weighted by molar-refractivity contribution is -0.123. The predicted octanol–water partition coefficient (Wildman–Crippen LogP) is 2.35. The third-order valence-corrected chi connectivity index (χ3v) is 2.30. The van der Waals surface area contributed by atoms with E-state index in [1.54, 1.807) is 0 Å². The summed E-state index contributed by atoms with van der Waals surface area (Å²) in [6.07, 6.45) is 0. The average molecular weight is 272 g/mol. The molecule has 0 aliphatic rings. The van der Waals surface area contributed by atoms with Gasteiger partial charge < -0.3 is 10.1 Å². The molecule has 0 aromatic heterocycles. The van der Waals surface area contributed by atoms with Crippen molar-refractivity contribution in [3.8, 4) is 5.75 Å². The number of ether oxygens (including phenoxy) is 1. The zero-order valence-corrected chi connectivity index (χ0v) is 10.4. The van der Waals surface area contributed by atoms with Gasteiger partial charge in [-0.3, -0.25) is 4.79 Å². The Morgan fingerprint density at radius 3 is 2.73 bits per heavy atom. The van der Waals surface area contributed by atoms with E-state index >= 15 is 0 Å². The maximum atomic E-state index is 11.3. The molecule has 1 amide bonds. The second-order valence-electron chi connectivity index (χ2n) is 3.44. The number of nitrogens with one attached hydrogen (secondary N) is 1. The molecule has 0 spiro atoms. The molecule has 15 heavy (non-hydrogen) atoms. The van der Waals surface area contributed by atoms with E-state index in [9.17, 15) is 4.79 Å². The largest absolute Gasteiger partial charge is 0.483 e. The Bertz CT molecular complexity index is 339. The van der Waals surface area contributed by atoms with E-state index in [1.165, 1.54) is 0 Å². The smallest absolute Gasteiger partial charge is 0.258 e. The number of halogens is 1. The zero-order chi connectivity index (χ0) is 11.3. The molecule has 0 radical (unpaired) electrons. The summed E-state index contributed by atoms with van der Waals surface area (Å²) >= 11 is 3.34. The van der Waals surface area contributed by atoms with Crippen molar-refractivity contribution < 1.29 is 9.53 Å². The lowest BCUT2D eigenvalue weighted by Gasteiger charge is -2.10. The molecule has 4 heteroatoms. The zero-order valence-electron chi connectivity index (χ0n) is 8.79. The van der Waals surface area contributed by atoms with E-state index in [2.05, 4.69) is 21.2 Å². The third-order valence-electron chi connectivity index (χ3n) is 1.65. The SMILES string of the molecule is CC(C)NC(=O)COc1ccccc1Br. The second-order valence-corrected chi connectivity index (χ2v) is 4.30. The molecular weight excluding hydrogens is 258 g/mol. The van der Waals surface area contributed by atoms with Crippen LogP contribution in [0, 0.1) is 0 Å². The van der Waals surface area contributed by atoms with Crippen molar-refractivity contribution in [1.82, 2.24) is 5.32 Å². The van der Waals surface area contributed by atoms with Gasteiger partial charge in [0, 0.05) is 6.04 Å². The van der Waals surface area contributed by atoms with Gasteiger partial charge in [0.25, 0.3) is 5.91 Å². The van der Waals surface area contributed by atoms with Gasteiger partial charge in [-0.25, -0.2) is 0 Å². The van der Waals surface area contributed by atoms with E-state index in [0.29, 0.717) is 5.75 Å². The predicted molar refractivity (Wildman–Crippen MR) is 62.9 cm³/mol. The van der Waals surface area contributed by atoms with Crippen molar-refractivity contribution in [2.24, 2.45) is 0 Å². The Labute approximate surface area is 97.9 Å². The van der Waals surface area contributed by atoms with E-state index in [4.69, 9.17) is 4.74 Å². The van der Waals surface area contributed by atoms with Gasteiger partial charge in [0.2, 0.25) is 0 Å². The Morgan fingerprint density at radius 2 is 2.13 bits per heavy atom. The molecule has 0 bridgehead atoms. The molecule has 82 valence electrons. The highest BCUT2D eigenvalue weighted by Gasteiger charge is 2.05. The van der Waals surface area contributed by atoms with Crippen molar-refractivity contribution in [3.05, 3.63) is 28.7 Å². The van der Waals surface area contributed by atoms with Crippen LogP contribution in [0.2, 0.25) is 0 Å². The highest BCUT2D eigenvalue weighted by molar-refractivity contribution is 9.10. The normalized spacial score (nSPS) is 10.1. The minimum Gasteiger partial charge on any atom is -0.483 e. The van der Waals surface area contributed by atoms with Crippen LogP contribution >= 0.6 is 15.9 Å². The maximum absolute atomic E-state index is 11.3. The fourth-order valence-electron chi connectivity index (χ4n) is 1.07. The highest BCUT2D eigenvalue weighted by Crippen LogP contribution is 2.23. The molecule has 0 atom stereocenters. The standard InChI is InChI=1S/C11H14BrNO2/c1-8(2)13-11(14)7-15-10-6-4-3-5-9(10)12/h3-6,8H,7H2,1-2H3,(H,13,14). The summed E-state index contributed by atoms with van der Waals surface area (Å²) in [6, 6.07) is 7.58. The maximum Gasteiger partial charge on any atom is 0.258 e. The number of hydrogen-bond donors (Lipinski definition) is 1. The molecular formula is C11H14BrNO2. The van der Waals surface area contributed by atoms with E-state index in [0.717, 1.165) is 4.47 Å². The monoisotopic (exact) mass is 271 g/mol. The van der Waals surface area contributed by atoms with Gasteiger partial charge in [-0.1, -0.05) is 12.1 Å². The van der Waals surface area contributed by atoms with Crippen LogP contribution in [0.1, 0.15) is 13.8 Å². The van der Waals surface area contributed by atoms with Crippen LogP contribution in [-0.2, 0) is 4.79 Å². The van der Waals surface area contributed by atoms with Crippen molar-refractivity contribution in [2.45, 2.75) is 19.9 Å². The van der Waals surface area contributed by atoms with E-state index in [-0.39, 0.29) is 18.6 Å². The third kappa shape index (κ3) is 4.34. The molecule has 0 heterocycles. The molecule has 1 rings (SSSR count). The number of hydrogen-bond acceptors (Lipinski definition) is 2. The van der Waals surface area contributed by atoms with Crippen LogP contribution in [-0.4, -0.2) is 18.6 Å². The Hall–Kier alpha value is -1.03. The Morgan fingerprint density at radius 1 is 1.47 bits per heavy atom. The van der Waals surface area contributed by atoms with Gasteiger partial charge in [-0.15, -0.1) is 0 Å². The van der Waals surface area contributed by atoms with Gasteiger partial charge in [0.1, 0.15) is 5.75 Å². The van der Waals surface area contributed by atoms with Crippen LogP contribution < -0.4 is 10.1 Å². The molecule has 0 fully saturated rings. The van der Waals surface area contributed by atoms with Crippen LogP contribution in [0.15, 0.2) is 28.7 Å². The number of benzene rings is 1. The summed E-state index contributed by atoms with van der Waals surface area (Å²) in [7, 11) is 0. The summed E-state index contributed by atoms with van der Waals surface area (Å²) in [4.78, 5) is 11.3. The van der Waals surface area contributed by atoms with Crippen LogP contribution in [0.4, 0.5) is 0 Å². The summed E-state index contributed by atoms with van der Waals surface area (Å²) in [5.74, 6) is 0.567. The van der Waals surface area contributed by atoms with Crippen molar-refractivity contribution in [1.29, 1.82) is 0 Å². The molecule has 3 nitrogen and oxygen atoms in total. The summed E-state index contributed by atoms with van der Waals surface area (Å²) in [5, 5.41) is 2.75. The summed E-state index contributed by atoms with van der Waals surface area (Å²) in [6.45, 7) is 3.87. The first-order valence-corrected chi connectivity index (χ1v) is 5.55. The van der Waals surface area contributed by atoms with Gasteiger partial charge in [0.05, 0.1) is 4.47 Å². The number of rotatable bonds is 4. The van der Waals surface area contributed by atoms with Crippen molar-refractivity contribution in [2.75, 3.05) is 6.61 Å². The van der Waals surface area contributed by atoms with E-state index in [1.807, 2.05) is 38.1 Å². The van der Waals surface area contributed by atoms with Gasteiger partial charge >= 0.3 is 0 Å². The summed E-state index contributed by atoms with van der Waals surface area (Å²) < 4.78 is 6.19.